The van der Waals surface area contributed by atoms with Gasteiger partial charge in [-0.25, -0.2) is 4.39 Å². The summed E-state index contributed by atoms with van der Waals surface area (Å²) in [6, 6.07) is 14.7. The molecule has 0 aliphatic rings. The van der Waals surface area contributed by atoms with Gasteiger partial charge in [-0.1, -0.05) is 64.1 Å². The number of nitrogens with one attached hydrogen (secondary N) is 2. The Morgan fingerprint density at radius 3 is 2.19 bits per heavy atom. The van der Waals surface area contributed by atoms with E-state index in [4.69, 9.17) is 0 Å². The van der Waals surface area contributed by atoms with Crippen molar-refractivity contribution in [2.75, 3.05) is 6.54 Å². The highest BCUT2D eigenvalue weighted by molar-refractivity contribution is 5.97. The quantitative estimate of drug-likeness (QED) is 0.781. The minimum Gasteiger partial charge on any atom is -0.353 e. The van der Waals surface area contributed by atoms with Crippen molar-refractivity contribution in [3.8, 4) is 0 Å². The summed E-state index contributed by atoms with van der Waals surface area (Å²) < 4.78 is 14.1. The van der Waals surface area contributed by atoms with E-state index in [1.54, 1.807) is 42.5 Å². The lowest BCUT2D eigenvalue weighted by atomic mass is 9.84. The lowest BCUT2D eigenvalue weighted by molar-refractivity contribution is -0.124. The van der Waals surface area contributed by atoms with E-state index in [2.05, 4.69) is 10.6 Å². The molecule has 5 heteroatoms. The number of carbonyl (C=O) groups is 2. The van der Waals surface area contributed by atoms with Gasteiger partial charge in [-0.05, 0) is 29.7 Å². The fraction of sp³-hybridized carbons (Fsp3) is 0.364. The minimum atomic E-state index is -0.672. The Hall–Kier alpha value is -2.69. The van der Waals surface area contributed by atoms with E-state index >= 15 is 0 Å². The summed E-state index contributed by atoms with van der Waals surface area (Å²) in [5, 5.41) is 5.66. The van der Waals surface area contributed by atoms with Gasteiger partial charge in [0.1, 0.15) is 11.9 Å². The SMILES string of the molecule is CC(C)C(NC(=O)c1ccccc1)C(=O)NCC(C)(C)c1ccccc1F. The van der Waals surface area contributed by atoms with Crippen molar-refractivity contribution in [2.24, 2.45) is 5.92 Å². The molecule has 4 nitrogen and oxygen atoms in total. The highest BCUT2D eigenvalue weighted by atomic mass is 19.1. The van der Waals surface area contributed by atoms with Gasteiger partial charge in [-0.2, -0.15) is 0 Å². The van der Waals surface area contributed by atoms with E-state index in [1.165, 1.54) is 6.07 Å². The fourth-order valence-corrected chi connectivity index (χ4v) is 2.87. The van der Waals surface area contributed by atoms with Crippen molar-refractivity contribution in [3.63, 3.8) is 0 Å². The highest BCUT2D eigenvalue weighted by Crippen LogP contribution is 2.24. The van der Waals surface area contributed by atoms with Crippen LogP contribution in [0.5, 0.6) is 0 Å². The van der Waals surface area contributed by atoms with Crippen LogP contribution in [0.25, 0.3) is 0 Å². The fourth-order valence-electron chi connectivity index (χ4n) is 2.87. The number of benzene rings is 2. The van der Waals surface area contributed by atoms with Gasteiger partial charge in [-0.15, -0.1) is 0 Å². The number of halogens is 1. The average Bonchev–Trinajstić information content (AvgIpc) is 2.64. The first-order valence-electron chi connectivity index (χ1n) is 9.11. The third-order valence-electron chi connectivity index (χ3n) is 4.58. The second kappa shape index (κ2) is 8.80. The van der Waals surface area contributed by atoms with Crippen LogP contribution >= 0.6 is 0 Å². The molecule has 1 atom stereocenters. The van der Waals surface area contributed by atoms with E-state index < -0.39 is 11.5 Å². The first kappa shape index (κ1) is 20.6. The molecule has 0 spiro atoms. The zero-order chi connectivity index (χ0) is 20.0. The van der Waals surface area contributed by atoms with E-state index in [0.717, 1.165) is 0 Å². The molecular formula is C22H27FN2O2. The Bertz CT molecular complexity index is 788. The molecule has 2 rings (SSSR count). The number of rotatable bonds is 7. The highest BCUT2D eigenvalue weighted by Gasteiger charge is 2.28. The van der Waals surface area contributed by atoms with Crippen LogP contribution in [0.4, 0.5) is 4.39 Å². The molecule has 2 amide bonds. The van der Waals surface area contributed by atoms with Gasteiger partial charge in [0.05, 0.1) is 0 Å². The Labute approximate surface area is 160 Å². The standard InChI is InChI=1S/C22H27FN2O2/c1-15(2)19(25-20(26)16-10-6-5-7-11-16)21(27)24-14-22(3,4)17-12-8-9-13-18(17)23/h5-13,15,19H,14H2,1-4H3,(H,24,27)(H,25,26). The van der Waals surface area contributed by atoms with Crippen LogP contribution < -0.4 is 10.6 Å². The average molecular weight is 370 g/mol. The first-order chi connectivity index (χ1) is 12.7. The lowest BCUT2D eigenvalue weighted by Crippen LogP contribution is -2.51. The Morgan fingerprint density at radius 1 is 1.00 bits per heavy atom. The van der Waals surface area contributed by atoms with Crippen molar-refractivity contribution >= 4 is 11.8 Å². The van der Waals surface area contributed by atoms with Crippen LogP contribution in [0.15, 0.2) is 54.6 Å². The van der Waals surface area contributed by atoms with Gasteiger partial charge >= 0.3 is 0 Å². The second-order valence-electron chi connectivity index (χ2n) is 7.64. The molecule has 2 aromatic rings. The molecule has 144 valence electrons. The van der Waals surface area contributed by atoms with E-state index in [9.17, 15) is 14.0 Å². The molecule has 0 bridgehead atoms. The molecule has 0 aliphatic carbocycles. The van der Waals surface area contributed by atoms with Crippen LogP contribution in [0.3, 0.4) is 0 Å². The number of hydrogen-bond acceptors (Lipinski definition) is 2. The maximum absolute atomic E-state index is 14.1. The van der Waals surface area contributed by atoms with Crippen molar-refractivity contribution in [3.05, 3.63) is 71.5 Å². The van der Waals surface area contributed by atoms with Crippen LogP contribution in [-0.4, -0.2) is 24.4 Å². The third kappa shape index (κ3) is 5.39. The zero-order valence-electron chi connectivity index (χ0n) is 16.3. The Balaban J connectivity index is 2.05. The molecular weight excluding hydrogens is 343 g/mol. The third-order valence-corrected chi connectivity index (χ3v) is 4.58. The number of amides is 2. The summed E-state index contributed by atoms with van der Waals surface area (Å²) in [5.41, 5.74) is 0.466. The van der Waals surface area contributed by atoms with Crippen LogP contribution in [0, 0.1) is 11.7 Å². The summed E-state index contributed by atoms with van der Waals surface area (Å²) in [6.07, 6.45) is 0. The summed E-state index contributed by atoms with van der Waals surface area (Å²) in [4.78, 5) is 25.1. The molecule has 0 saturated carbocycles. The normalized spacial score (nSPS) is 12.5. The van der Waals surface area contributed by atoms with Gasteiger partial charge in [0.15, 0.2) is 0 Å². The van der Waals surface area contributed by atoms with Crippen LogP contribution in [-0.2, 0) is 10.2 Å². The van der Waals surface area contributed by atoms with Crippen molar-refractivity contribution < 1.29 is 14.0 Å². The Kier molecular flexibility index (Phi) is 6.72. The van der Waals surface area contributed by atoms with E-state index in [0.29, 0.717) is 11.1 Å². The molecule has 0 radical (unpaired) electrons. The maximum Gasteiger partial charge on any atom is 0.251 e. The number of carbonyl (C=O) groups excluding carboxylic acids is 2. The summed E-state index contributed by atoms with van der Waals surface area (Å²) in [7, 11) is 0. The van der Waals surface area contributed by atoms with Gasteiger partial charge in [0.2, 0.25) is 5.91 Å². The molecule has 2 aromatic carbocycles. The second-order valence-corrected chi connectivity index (χ2v) is 7.64. The maximum atomic E-state index is 14.1. The monoisotopic (exact) mass is 370 g/mol. The topological polar surface area (TPSA) is 58.2 Å². The van der Waals surface area contributed by atoms with Gasteiger partial charge in [0.25, 0.3) is 5.91 Å². The summed E-state index contributed by atoms with van der Waals surface area (Å²) in [5.74, 6) is -0.958. The molecule has 0 fully saturated rings. The molecule has 1 unspecified atom stereocenters. The minimum absolute atomic E-state index is 0.0887. The molecule has 0 saturated heterocycles. The number of hydrogen-bond donors (Lipinski definition) is 2. The predicted molar refractivity (Wildman–Crippen MR) is 105 cm³/mol. The summed E-state index contributed by atoms with van der Waals surface area (Å²) in [6.45, 7) is 7.75. The molecule has 0 aliphatic heterocycles. The molecule has 27 heavy (non-hydrogen) atoms. The van der Waals surface area contributed by atoms with Crippen molar-refractivity contribution in [2.45, 2.75) is 39.2 Å². The van der Waals surface area contributed by atoms with E-state index in [-0.39, 0.29) is 30.1 Å². The largest absolute Gasteiger partial charge is 0.353 e. The van der Waals surface area contributed by atoms with Crippen molar-refractivity contribution in [1.82, 2.24) is 10.6 Å². The van der Waals surface area contributed by atoms with Crippen LogP contribution in [0.2, 0.25) is 0 Å². The van der Waals surface area contributed by atoms with Gasteiger partial charge in [-0.3, -0.25) is 9.59 Å². The van der Waals surface area contributed by atoms with Gasteiger partial charge in [0, 0.05) is 17.5 Å². The molecule has 0 heterocycles. The molecule has 0 aromatic heterocycles. The summed E-state index contributed by atoms with van der Waals surface area (Å²) >= 11 is 0. The molecule has 2 N–H and O–H groups in total. The first-order valence-corrected chi connectivity index (χ1v) is 9.11. The zero-order valence-corrected chi connectivity index (χ0v) is 16.3. The lowest BCUT2D eigenvalue weighted by Gasteiger charge is -2.28. The Morgan fingerprint density at radius 2 is 1.59 bits per heavy atom. The van der Waals surface area contributed by atoms with E-state index in [1.807, 2.05) is 33.8 Å². The smallest absolute Gasteiger partial charge is 0.251 e. The predicted octanol–water partition coefficient (Wildman–Crippen LogP) is 3.67. The van der Waals surface area contributed by atoms with Crippen molar-refractivity contribution in [1.29, 1.82) is 0 Å². The van der Waals surface area contributed by atoms with Gasteiger partial charge < -0.3 is 10.6 Å². The van der Waals surface area contributed by atoms with Crippen LogP contribution in [0.1, 0.15) is 43.6 Å².